The van der Waals surface area contributed by atoms with Crippen LogP contribution in [-0.4, -0.2) is 43.0 Å². The summed E-state index contributed by atoms with van der Waals surface area (Å²) >= 11 is 10.0. The van der Waals surface area contributed by atoms with Crippen LogP contribution in [0, 0.1) is 32.1 Å². The van der Waals surface area contributed by atoms with E-state index < -0.39 is 30.0 Å². The zero-order valence-corrected chi connectivity index (χ0v) is 41.5. The standard InChI is InChI=1S/C47H41N11O7S5/c1-25-8-10-28(11-9-25)43-46(57-55-38-20-26(2)37(23-39(38)65-4)54-53-31-21-35-34(41(22-31)70(62,63)64)6-5-7-40(35)69(59,60)61)68-47(51-43)58-56-42-27(3)36(24-48)44(49-29-12-16-32(66)17-13-29)52-45(42)50-30-14-18-33(67)19-15-30/h5-23,53-55,57,66-67H,1-4H3,(H2,49,50,52)(H,59,60,61)(H,62,63,64)/b58-56+. The molecule has 8 N–H and O–H groups in total. The number of benzene rings is 6. The molecule has 0 spiro atoms. The van der Waals surface area contributed by atoms with Gasteiger partial charge in [-0.2, -0.15) is 22.1 Å². The summed E-state index contributed by atoms with van der Waals surface area (Å²) in [5.74, 6) is 1.01. The molecule has 0 bridgehead atoms. The lowest BCUT2D eigenvalue weighted by Gasteiger charge is -2.18. The number of fused-ring (bicyclic) bond motifs is 1. The van der Waals surface area contributed by atoms with Crippen molar-refractivity contribution < 1.29 is 30.7 Å². The van der Waals surface area contributed by atoms with E-state index in [0.29, 0.717) is 67.6 Å². The number of pyridine rings is 1. The first-order chi connectivity index (χ1) is 33.4. The average Bonchev–Trinajstić information content (AvgIpc) is 3.73. The molecule has 2 heterocycles. The molecule has 0 saturated heterocycles. The third-order valence-corrected chi connectivity index (χ3v) is 13.9. The van der Waals surface area contributed by atoms with E-state index in [1.807, 2.05) is 79.7 Å². The Morgan fingerprint density at radius 2 is 1.30 bits per heavy atom. The van der Waals surface area contributed by atoms with Gasteiger partial charge >= 0.3 is 0 Å². The first-order valence-corrected chi connectivity index (χ1v) is 25.3. The van der Waals surface area contributed by atoms with Crippen molar-refractivity contribution in [1.29, 1.82) is 5.26 Å². The van der Waals surface area contributed by atoms with Gasteiger partial charge in [0.25, 0.3) is 20.2 Å². The molecule has 0 aliphatic heterocycles. The number of methoxy groups -OCH3 is 1. The molecular weight excluding hydrogens is 991 g/mol. The van der Waals surface area contributed by atoms with Crippen molar-refractivity contribution in [2.24, 2.45) is 10.2 Å². The van der Waals surface area contributed by atoms with Crippen LogP contribution in [0.4, 0.5) is 55.9 Å². The van der Waals surface area contributed by atoms with E-state index >= 15 is 0 Å². The maximum absolute atomic E-state index is 12.4. The fraction of sp³-hybridized carbons (Fsp3) is 0.0851. The van der Waals surface area contributed by atoms with Gasteiger partial charge in [-0.15, -0.1) is 35.5 Å². The number of rotatable bonds is 16. The van der Waals surface area contributed by atoms with Gasteiger partial charge in [0.1, 0.15) is 38.0 Å². The number of hydrazine groups is 2. The summed E-state index contributed by atoms with van der Waals surface area (Å²) in [4.78, 5) is 10.1. The van der Waals surface area contributed by atoms with Crippen LogP contribution in [0.25, 0.3) is 22.0 Å². The van der Waals surface area contributed by atoms with Gasteiger partial charge in [0.05, 0.1) is 29.7 Å². The molecule has 8 aromatic rings. The van der Waals surface area contributed by atoms with Crippen LogP contribution in [0.1, 0.15) is 22.3 Å². The second kappa shape index (κ2) is 20.3. The Kier molecular flexibility index (Phi) is 14.2. The van der Waals surface area contributed by atoms with Gasteiger partial charge < -0.3 is 26.2 Å². The first kappa shape index (κ1) is 49.0. The van der Waals surface area contributed by atoms with Gasteiger partial charge in [-0.25, -0.2) is 9.97 Å². The minimum atomic E-state index is -4.83. The Bertz CT molecular complexity index is 3610. The highest BCUT2D eigenvalue weighted by Crippen LogP contribution is 2.42. The number of thiazole rings is 1. The van der Waals surface area contributed by atoms with E-state index in [1.165, 1.54) is 36.6 Å². The largest absolute Gasteiger partial charge is 0.494 e. The second-order valence-corrected chi connectivity index (χ2v) is 20.3. The van der Waals surface area contributed by atoms with Crippen LogP contribution in [0.3, 0.4) is 0 Å². The molecule has 70 heavy (non-hydrogen) atoms. The van der Waals surface area contributed by atoms with E-state index in [-0.39, 0.29) is 27.2 Å². The quantitative estimate of drug-likeness (QED) is 0.0187. The lowest BCUT2D eigenvalue weighted by atomic mass is 10.1. The van der Waals surface area contributed by atoms with Crippen molar-refractivity contribution in [2.75, 3.05) is 39.4 Å². The SMILES string of the molecule is COc1cc(NNc2cc(S(=O)(=O)O)c3cccc(S(=O)(=O)O)c3c2)c(C)cc1NNc1sc(/N=N/c2c(Nc3ccc(S)cc3)nc(Nc3ccc(S)cc3)c(C#N)c2C)nc1-c1ccc(C)cc1. The van der Waals surface area contributed by atoms with Gasteiger partial charge in [0.15, 0.2) is 11.6 Å². The summed E-state index contributed by atoms with van der Waals surface area (Å²) in [5, 5.41) is 26.8. The summed E-state index contributed by atoms with van der Waals surface area (Å²) in [6, 6.07) is 34.3. The highest BCUT2D eigenvalue weighted by molar-refractivity contribution is 7.86. The Labute approximate surface area is 417 Å². The average molecular weight is 1030 g/mol. The lowest BCUT2D eigenvalue weighted by Crippen LogP contribution is -2.13. The Hall–Kier alpha value is -7.43. The molecule has 0 saturated carbocycles. The van der Waals surface area contributed by atoms with Gasteiger partial charge in [0.2, 0.25) is 5.13 Å². The van der Waals surface area contributed by atoms with E-state index in [1.54, 1.807) is 26.0 Å². The van der Waals surface area contributed by atoms with Crippen molar-refractivity contribution in [3.05, 3.63) is 138 Å². The fourth-order valence-corrected chi connectivity index (χ4v) is 9.61. The zero-order chi connectivity index (χ0) is 49.9. The highest BCUT2D eigenvalue weighted by atomic mass is 32.2. The summed E-state index contributed by atoms with van der Waals surface area (Å²) in [6.07, 6.45) is 0. The molecule has 0 unspecified atom stereocenters. The van der Waals surface area contributed by atoms with Gasteiger partial charge in [0, 0.05) is 49.1 Å². The van der Waals surface area contributed by atoms with Crippen LogP contribution in [0.2, 0.25) is 0 Å². The van der Waals surface area contributed by atoms with E-state index in [9.17, 15) is 31.2 Å². The third kappa shape index (κ3) is 11.0. The van der Waals surface area contributed by atoms with Gasteiger partial charge in [-0.1, -0.05) is 53.3 Å². The molecule has 356 valence electrons. The van der Waals surface area contributed by atoms with Crippen LogP contribution in [0.5, 0.6) is 5.75 Å². The van der Waals surface area contributed by atoms with Crippen LogP contribution in [0.15, 0.2) is 145 Å². The molecule has 8 rings (SSSR count). The predicted molar refractivity (Wildman–Crippen MR) is 280 cm³/mol. The third-order valence-electron chi connectivity index (χ3n) is 10.6. The normalized spacial score (nSPS) is 11.6. The first-order valence-electron chi connectivity index (χ1n) is 20.7. The van der Waals surface area contributed by atoms with Gasteiger partial charge in [-0.05, 0) is 99.1 Å². The maximum Gasteiger partial charge on any atom is 0.295 e. The number of thiol groups is 2. The number of nitriles is 1. The van der Waals surface area contributed by atoms with Crippen molar-refractivity contribution in [1.82, 2.24) is 9.97 Å². The zero-order valence-electron chi connectivity index (χ0n) is 37.3. The number of aryl methyl sites for hydroxylation is 2. The van der Waals surface area contributed by atoms with Crippen molar-refractivity contribution in [3.63, 3.8) is 0 Å². The number of azo groups is 1. The Morgan fingerprint density at radius 1 is 0.671 bits per heavy atom. The molecule has 0 aliphatic rings. The molecule has 18 nitrogen and oxygen atoms in total. The van der Waals surface area contributed by atoms with E-state index in [0.717, 1.165) is 33.1 Å². The van der Waals surface area contributed by atoms with E-state index in [2.05, 4.69) is 73.9 Å². The molecule has 0 amide bonds. The highest BCUT2D eigenvalue weighted by Gasteiger charge is 2.23. The summed E-state index contributed by atoms with van der Waals surface area (Å²) in [5.41, 5.74) is 18.9. The number of nitrogens with zero attached hydrogens (tertiary/aromatic N) is 5. The Morgan fingerprint density at radius 3 is 1.91 bits per heavy atom. The number of hydrogen-bond acceptors (Lipinski definition) is 19. The molecule has 6 aromatic carbocycles. The summed E-state index contributed by atoms with van der Waals surface area (Å²) in [7, 11) is -8.13. The molecule has 0 fully saturated rings. The predicted octanol–water partition coefficient (Wildman–Crippen LogP) is 12.0. The number of hydrogen-bond donors (Lipinski definition) is 10. The molecular formula is C47H41N11O7S5. The smallest absolute Gasteiger partial charge is 0.295 e. The minimum Gasteiger partial charge on any atom is -0.494 e. The topological polar surface area (TPSA) is 264 Å². The number of aromatic nitrogens is 2. The lowest BCUT2D eigenvalue weighted by molar-refractivity contribution is 0.417. The molecule has 0 atom stereocenters. The van der Waals surface area contributed by atoms with Crippen molar-refractivity contribution in [2.45, 2.75) is 40.4 Å². The van der Waals surface area contributed by atoms with E-state index in [4.69, 9.17) is 14.7 Å². The molecule has 0 radical (unpaired) electrons. The maximum atomic E-state index is 12.4. The summed E-state index contributed by atoms with van der Waals surface area (Å²) < 4.78 is 74.8. The van der Waals surface area contributed by atoms with Crippen LogP contribution in [-0.2, 0) is 20.2 Å². The van der Waals surface area contributed by atoms with Gasteiger partial charge in [-0.3, -0.25) is 20.0 Å². The number of anilines is 8. The Balaban J connectivity index is 1.10. The molecule has 23 heteroatoms. The van der Waals surface area contributed by atoms with Crippen molar-refractivity contribution >= 4 is 123 Å². The molecule has 0 aliphatic carbocycles. The van der Waals surface area contributed by atoms with Crippen molar-refractivity contribution in [3.8, 4) is 23.1 Å². The minimum absolute atomic E-state index is 0.0537. The fourth-order valence-electron chi connectivity index (χ4n) is 7.12. The summed E-state index contributed by atoms with van der Waals surface area (Å²) in [6.45, 7) is 5.55. The molecule has 2 aromatic heterocycles. The van der Waals surface area contributed by atoms with Crippen LogP contribution < -0.4 is 37.1 Å². The number of nitrogens with one attached hydrogen (secondary N) is 6. The second-order valence-electron chi connectivity index (χ2n) is 15.5. The van der Waals surface area contributed by atoms with Crippen LogP contribution >= 0.6 is 36.6 Å². The monoisotopic (exact) mass is 1030 g/mol. The number of ether oxygens (including phenoxy) is 1.